The van der Waals surface area contributed by atoms with E-state index in [-0.39, 0.29) is 0 Å². The number of allylic oxidation sites excluding steroid dienone is 1. The normalized spacial score (nSPS) is 14.8. The van der Waals surface area contributed by atoms with E-state index in [4.69, 9.17) is 9.72 Å². The number of pyridine rings is 1. The van der Waals surface area contributed by atoms with Crippen LogP contribution in [0.2, 0.25) is 0 Å². The van der Waals surface area contributed by atoms with E-state index >= 15 is 0 Å². The Morgan fingerprint density at radius 1 is 1.16 bits per heavy atom. The number of aromatic nitrogens is 1. The summed E-state index contributed by atoms with van der Waals surface area (Å²) in [6, 6.07) is 10.8. The van der Waals surface area contributed by atoms with Gasteiger partial charge < -0.3 is 10.1 Å². The lowest BCUT2D eigenvalue weighted by Gasteiger charge is -2.16. The van der Waals surface area contributed by atoms with Crippen molar-refractivity contribution in [2.45, 2.75) is 25.9 Å². The van der Waals surface area contributed by atoms with Gasteiger partial charge in [0.05, 0.1) is 16.8 Å². The number of imide groups is 1. The lowest BCUT2D eigenvalue weighted by molar-refractivity contribution is -0.127. The van der Waals surface area contributed by atoms with Gasteiger partial charge in [0, 0.05) is 17.3 Å². The first-order valence-corrected chi connectivity index (χ1v) is 10.8. The second-order valence-electron chi connectivity index (χ2n) is 7.13. The Labute approximate surface area is 183 Å². The van der Waals surface area contributed by atoms with E-state index in [1.807, 2.05) is 41.8 Å². The summed E-state index contributed by atoms with van der Waals surface area (Å²) in [5.41, 5.74) is 3.80. The van der Waals surface area contributed by atoms with Crippen LogP contribution in [0.1, 0.15) is 39.8 Å². The van der Waals surface area contributed by atoms with Crippen molar-refractivity contribution in [2.75, 3.05) is 7.05 Å². The summed E-state index contributed by atoms with van der Waals surface area (Å²) in [5.74, 6) is -1.30. The molecule has 31 heavy (non-hydrogen) atoms. The molecule has 1 aromatic carbocycles. The Bertz CT molecular complexity index is 1200. The number of nitrogens with one attached hydrogen (secondary N) is 2. The van der Waals surface area contributed by atoms with Gasteiger partial charge in [0.2, 0.25) is 0 Å². The van der Waals surface area contributed by atoms with E-state index < -0.39 is 24.0 Å². The van der Waals surface area contributed by atoms with Crippen molar-refractivity contribution in [3.05, 3.63) is 63.5 Å². The number of amides is 3. The zero-order valence-corrected chi connectivity index (χ0v) is 17.9. The molecule has 7 nitrogen and oxygen atoms in total. The standard InChI is InChI=1S/C23H21N3O4S/c1-13(21(27)26-23(29)24-2)30-22(28)19-16-7-3-4-8-18(16)25-20-14(9-10-17(19)20)12-15-6-5-11-31-15/h3-8,11-13H,9-10H2,1-2H3,(H2,24,26,27,29)/b14-12+/t13-/m1/s1. The topological polar surface area (TPSA) is 97.4 Å². The van der Waals surface area contributed by atoms with Crippen LogP contribution in [0.3, 0.4) is 0 Å². The third-order valence-electron chi connectivity index (χ3n) is 5.12. The van der Waals surface area contributed by atoms with Crippen molar-refractivity contribution in [1.29, 1.82) is 0 Å². The van der Waals surface area contributed by atoms with Crippen LogP contribution in [0, 0.1) is 0 Å². The Balaban J connectivity index is 1.72. The summed E-state index contributed by atoms with van der Waals surface area (Å²) in [7, 11) is 1.40. The van der Waals surface area contributed by atoms with E-state index in [9.17, 15) is 14.4 Å². The van der Waals surface area contributed by atoms with E-state index in [1.165, 1.54) is 14.0 Å². The Morgan fingerprint density at radius 2 is 1.97 bits per heavy atom. The summed E-state index contributed by atoms with van der Waals surface area (Å²) < 4.78 is 5.44. The average Bonchev–Trinajstić information content (AvgIpc) is 3.42. The number of nitrogens with zero attached hydrogens (tertiary/aromatic N) is 1. The maximum atomic E-state index is 13.2. The second-order valence-corrected chi connectivity index (χ2v) is 8.11. The summed E-state index contributed by atoms with van der Waals surface area (Å²) >= 11 is 1.64. The molecule has 4 rings (SSSR count). The number of thiophene rings is 1. The molecule has 3 aromatic rings. The highest BCUT2D eigenvalue weighted by Gasteiger charge is 2.29. The number of ether oxygens (including phenoxy) is 1. The molecule has 2 aromatic heterocycles. The van der Waals surface area contributed by atoms with E-state index in [1.54, 1.807) is 11.3 Å². The van der Waals surface area contributed by atoms with Gasteiger partial charge in [-0.1, -0.05) is 24.3 Å². The molecule has 1 aliphatic rings. The molecular formula is C23H21N3O4S. The van der Waals surface area contributed by atoms with Crippen molar-refractivity contribution in [3.8, 4) is 0 Å². The zero-order chi connectivity index (χ0) is 22.0. The predicted molar refractivity (Wildman–Crippen MR) is 120 cm³/mol. The number of fused-ring (bicyclic) bond motifs is 2. The number of carbonyl (C=O) groups excluding carboxylic acids is 3. The van der Waals surface area contributed by atoms with Crippen molar-refractivity contribution >= 4 is 51.8 Å². The van der Waals surface area contributed by atoms with Crippen LogP contribution in [0.4, 0.5) is 4.79 Å². The fraction of sp³-hybridized carbons (Fsp3) is 0.217. The molecule has 2 N–H and O–H groups in total. The number of carbonyl (C=O) groups is 3. The highest BCUT2D eigenvalue weighted by Crippen LogP contribution is 2.38. The minimum atomic E-state index is -1.13. The molecular weight excluding hydrogens is 414 g/mol. The van der Waals surface area contributed by atoms with Gasteiger partial charge in [0.1, 0.15) is 0 Å². The number of hydrogen-bond donors (Lipinski definition) is 2. The lowest BCUT2D eigenvalue weighted by Crippen LogP contribution is -2.43. The summed E-state index contributed by atoms with van der Waals surface area (Å²) in [5, 5.41) is 7.11. The molecule has 1 aliphatic carbocycles. The van der Waals surface area contributed by atoms with E-state index in [2.05, 4.69) is 16.7 Å². The van der Waals surface area contributed by atoms with Gasteiger partial charge in [-0.15, -0.1) is 11.3 Å². The van der Waals surface area contributed by atoms with Crippen LogP contribution in [-0.4, -0.2) is 36.0 Å². The van der Waals surface area contributed by atoms with Crippen LogP contribution in [0.5, 0.6) is 0 Å². The molecule has 0 saturated heterocycles. The van der Waals surface area contributed by atoms with Crippen LogP contribution < -0.4 is 10.6 Å². The average molecular weight is 436 g/mol. The SMILES string of the molecule is CNC(=O)NC(=O)[C@@H](C)OC(=O)c1c2c(nc3ccccc13)/C(=C/c1cccs1)CC2. The molecule has 2 heterocycles. The van der Waals surface area contributed by atoms with Crippen molar-refractivity contribution < 1.29 is 19.1 Å². The molecule has 8 heteroatoms. The van der Waals surface area contributed by atoms with Crippen molar-refractivity contribution in [2.24, 2.45) is 0 Å². The van der Waals surface area contributed by atoms with Crippen molar-refractivity contribution in [1.82, 2.24) is 15.6 Å². The highest BCUT2D eigenvalue weighted by molar-refractivity contribution is 7.10. The molecule has 0 fully saturated rings. The molecule has 0 aliphatic heterocycles. The number of benzene rings is 1. The number of para-hydroxylation sites is 1. The summed E-state index contributed by atoms with van der Waals surface area (Å²) in [6.45, 7) is 1.43. The van der Waals surface area contributed by atoms with Gasteiger partial charge >= 0.3 is 12.0 Å². The molecule has 1 atom stereocenters. The number of hydrogen-bond acceptors (Lipinski definition) is 6. The fourth-order valence-corrected chi connectivity index (χ4v) is 4.29. The Kier molecular flexibility index (Phi) is 5.81. The highest BCUT2D eigenvalue weighted by atomic mass is 32.1. The van der Waals surface area contributed by atoms with Crippen LogP contribution >= 0.6 is 11.3 Å². The maximum Gasteiger partial charge on any atom is 0.339 e. The zero-order valence-electron chi connectivity index (χ0n) is 17.1. The molecule has 0 unspecified atom stereocenters. The van der Waals surface area contributed by atoms with E-state index in [0.717, 1.165) is 28.1 Å². The van der Waals surface area contributed by atoms with Crippen LogP contribution in [-0.2, 0) is 16.0 Å². The van der Waals surface area contributed by atoms with E-state index in [0.29, 0.717) is 22.9 Å². The summed E-state index contributed by atoms with van der Waals surface area (Å²) in [4.78, 5) is 42.6. The third-order valence-corrected chi connectivity index (χ3v) is 5.94. The first kappa shape index (κ1) is 20.7. The van der Waals surface area contributed by atoms with Crippen LogP contribution in [0.25, 0.3) is 22.6 Å². The minimum absolute atomic E-state index is 0.426. The Morgan fingerprint density at radius 3 is 2.71 bits per heavy atom. The molecule has 0 radical (unpaired) electrons. The number of esters is 1. The quantitative estimate of drug-likeness (QED) is 0.608. The second kappa shape index (κ2) is 8.69. The predicted octanol–water partition coefficient (Wildman–Crippen LogP) is 3.78. The largest absolute Gasteiger partial charge is 0.449 e. The lowest BCUT2D eigenvalue weighted by atomic mass is 10.0. The third kappa shape index (κ3) is 4.20. The summed E-state index contributed by atoms with van der Waals surface area (Å²) in [6.07, 6.45) is 2.40. The monoisotopic (exact) mass is 435 g/mol. The van der Waals surface area contributed by atoms with Gasteiger partial charge in [0.15, 0.2) is 6.10 Å². The van der Waals surface area contributed by atoms with Gasteiger partial charge in [-0.25, -0.2) is 14.6 Å². The Hall–Kier alpha value is -3.52. The van der Waals surface area contributed by atoms with Gasteiger partial charge in [-0.2, -0.15) is 0 Å². The maximum absolute atomic E-state index is 13.2. The first-order valence-electron chi connectivity index (χ1n) is 9.87. The minimum Gasteiger partial charge on any atom is -0.449 e. The first-order chi connectivity index (χ1) is 15.0. The van der Waals surface area contributed by atoms with Gasteiger partial charge in [-0.3, -0.25) is 10.1 Å². The smallest absolute Gasteiger partial charge is 0.339 e. The van der Waals surface area contributed by atoms with Crippen molar-refractivity contribution in [3.63, 3.8) is 0 Å². The number of urea groups is 1. The number of rotatable bonds is 4. The molecule has 0 saturated carbocycles. The molecule has 158 valence electrons. The van der Waals surface area contributed by atoms with Gasteiger partial charge in [0.25, 0.3) is 5.91 Å². The molecule has 0 bridgehead atoms. The molecule has 3 amide bonds. The van der Waals surface area contributed by atoms with Crippen LogP contribution in [0.15, 0.2) is 41.8 Å². The fourth-order valence-electron chi connectivity index (χ4n) is 3.61. The molecule has 0 spiro atoms. The van der Waals surface area contributed by atoms with Gasteiger partial charge in [-0.05, 0) is 54.5 Å².